The average molecular weight is 313 g/mol. The molecule has 0 bridgehead atoms. The van der Waals surface area contributed by atoms with E-state index in [4.69, 9.17) is 9.84 Å². The maximum Gasteiger partial charge on any atom is 0.305 e. The fourth-order valence-corrected chi connectivity index (χ4v) is 4.21. The Morgan fingerprint density at radius 2 is 1.86 bits per heavy atom. The minimum absolute atomic E-state index is 0.111. The van der Waals surface area contributed by atoms with Crippen molar-refractivity contribution in [1.82, 2.24) is 4.72 Å². The predicted molar refractivity (Wildman–Crippen MR) is 76.8 cm³/mol. The van der Waals surface area contributed by atoms with Gasteiger partial charge in [-0.3, -0.25) is 4.79 Å². The van der Waals surface area contributed by atoms with Crippen LogP contribution in [0.3, 0.4) is 0 Å². The number of rotatable bonds is 6. The largest absolute Gasteiger partial charge is 0.497 e. The standard InChI is InChI=1S/C14H19NO5S/c1-20-11-4-6-12(7-5-11)21(18,19)15-14(10-13(16)17)8-2-3-9-14/h4-7,15H,2-3,8-10H2,1H3,(H,16,17). The van der Waals surface area contributed by atoms with Crippen LogP contribution in [0.1, 0.15) is 32.1 Å². The minimum atomic E-state index is -3.74. The Labute approximate surface area is 124 Å². The van der Waals surface area contributed by atoms with Gasteiger partial charge < -0.3 is 9.84 Å². The summed E-state index contributed by atoms with van der Waals surface area (Å²) in [7, 11) is -2.24. The van der Waals surface area contributed by atoms with E-state index in [1.807, 2.05) is 0 Å². The van der Waals surface area contributed by atoms with Crippen LogP contribution in [0.2, 0.25) is 0 Å². The SMILES string of the molecule is COc1ccc(S(=O)(=O)NC2(CC(=O)O)CCCC2)cc1. The highest BCUT2D eigenvalue weighted by molar-refractivity contribution is 7.89. The topological polar surface area (TPSA) is 92.7 Å². The summed E-state index contributed by atoms with van der Waals surface area (Å²) in [6, 6.07) is 6.02. The van der Waals surface area contributed by atoms with Crippen LogP contribution < -0.4 is 9.46 Å². The molecule has 7 heteroatoms. The van der Waals surface area contributed by atoms with Crippen molar-refractivity contribution in [2.45, 2.75) is 42.5 Å². The molecular formula is C14H19NO5S. The summed E-state index contributed by atoms with van der Waals surface area (Å²) in [6.45, 7) is 0. The summed E-state index contributed by atoms with van der Waals surface area (Å²) in [5, 5.41) is 9.02. The van der Waals surface area contributed by atoms with Crippen molar-refractivity contribution in [2.24, 2.45) is 0 Å². The molecule has 21 heavy (non-hydrogen) atoms. The molecule has 0 aromatic heterocycles. The molecule has 0 heterocycles. The fourth-order valence-electron chi connectivity index (χ4n) is 2.76. The molecule has 2 rings (SSSR count). The normalized spacial score (nSPS) is 17.6. The third kappa shape index (κ3) is 3.74. The maximum absolute atomic E-state index is 12.4. The lowest BCUT2D eigenvalue weighted by atomic mass is 9.95. The second-order valence-electron chi connectivity index (χ2n) is 5.34. The molecule has 0 atom stereocenters. The molecule has 0 amide bonds. The molecule has 1 aromatic rings. The first-order chi connectivity index (χ1) is 9.87. The summed E-state index contributed by atoms with van der Waals surface area (Å²) >= 11 is 0. The molecular weight excluding hydrogens is 294 g/mol. The number of ether oxygens (including phenoxy) is 1. The van der Waals surface area contributed by atoms with Gasteiger partial charge in [0.15, 0.2) is 0 Å². The van der Waals surface area contributed by atoms with E-state index < -0.39 is 21.5 Å². The van der Waals surface area contributed by atoms with Gasteiger partial charge in [-0.1, -0.05) is 12.8 Å². The van der Waals surface area contributed by atoms with Crippen molar-refractivity contribution < 1.29 is 23.1 Å². The van der Waals surface area contributed by atoms with Crippen LogP contribution in [0.15, 0.2) is 29.2 Å². The number of methoxy groups -OCH3 is 1. The zero-order valence-electron chi connectivity index (χ0n) is 11.8. The maximum atomic E-state index is 12.4. The third-order valence-corrected chi connectivity index (χ3v) is 5.37. The van der Waals surface area contributed by atoms with Crippen molar-refractivity contribution >= 4 is 16.0 Å². The molecule has 0 spiro atoms. The first-order valence-corrected chi connectivity index (χ1v) is 8.25. The summed E-state index contributed by atoms with van der Waals surface area (Å²) in [4.78, 5) is 11.1. The minimum Gasteiger partial charge on any atom is -0.497 e. The van der Waals surface area contributed by atoms with Gasteiger partial charge in [0, 0.05) is 5.54 Å². The first-order valence-electron chi connectivity index (χ1n) is 6.77. The number of carboxylic acid groups (broad SMARTS) is 1. The zero-order chi connectivity index (χ0) is 15.5. The van der Waals surface area contributed by atoms with Gasteiger partial charge in [-0.25, -0.2) is 13.1 Å². The summed E-state index contributed by atoms with van der Waals surface area (Å²) in [6.07, 6.45) is 2.57. The third-order valence-electron chi connectivity index (χ3n) is 3.77. The number of sulfonamides is 1. The van der Waals surface area contributed by atoms with E-state index in [0.29, 0.717) is 18.6 Å². The Morgan fingerprint density at radius 1 is 1.29 bits per heavy atom. The second-order valence-corrected chi connectivity index (χ2v) is 7.02. The van der Waals surface area contributed by atoms with Gasteiger partial charge in [0.25, 0.3) is 0 Å². The van der Waals surface area contributed by atoms with E-state index in [9.17, 15) is 13.2 Å². The molecule has 1 saturated carbocycles. The van der Waals surface area contributed by atoms with Gasteiger partial charge in [0.2, 0.25) is 10.0 Å². The van der Waals surface area contributed by atoms with Crippen molar-refractivity contribution in [3.8, 4) is 5.75 Å². The van der Waals surface area contributed by atoms with Gasteiger partial charge in [0.05, 0.1) is 18.4 Å². The molecule has 2 N–H and O–H groups in total. The smallest absolute Gasteiger partial charge is 0.305 e. The molecule has 0 radical (unpaired) electrons. The highest BCUT2D eigenvalue weighted by Gasteiger charge is 2.39. The van der Waals surface area contributed by atoms with Crippen LogP contribution >= 0.6 is 0 Å². The lowest BCUT2D eigenvalue weighted by molar-refractivity contribution is -0.138. The van der Waals surface area contributed by atoms with E-state index in [-0.39, 0.29) is 11.3 Å². The highest BCUT2D eigenvalue weighted by Crippen LogP contribution is 2.34. The van der Waals surface area contributed by atoms with Gasteiger partial charge in [0.1, 0.15) is 5.75 Å². The number of hydrogen-bond acceptors (Lipinski definition) is 4. The van der Waals surface area contributed by atoms with Crippen molar-refractivity contribution in [1.29, 1.82) is 0 Å². The van der Waals surface area contributed by atoms with Crippen LogP contribution in [-0.2, 0) is 14.8 Å². The molecule has 1 aromatic carbocycles. The molecule has 1 aliphatic carbocycles. The second kappa shape index (κ2) is 6.03. The van der Waals surface area contributed by atoms with Crippen LogP contribution in [0, 0.1) is 0 Å². The number of benzene rings is 1. The number of aliphatic carboxylic acids is 1. The molecule has 1 aliphatic rings. The Balaban J connectivity index is 2.23. The number of carbonyl (C=O) groups is 1. The van der Waals surface area contributed by atoms with Crippen LogP contribution in [0.4, 0.5) is 0 Å². The molecule has 6 nitrogen and oxygen atoms in total. The molecule has 0 unspecified atom stereocenters. The average Bonchev–Trinajstić information content (AvgIpc) is 2.85. The zero-order valence-corrected chi connectivity index (χ0v) is 12.6. The number of hydrogen-bond donors (Lipinski definition) is 2. The van der Waals surface area contributed by atoms with E-state index in [1.165, 1.54) is 19.2 Å². The van der Waals surface area contributed by atoms with Gasteiger partial charge in [-0.05, 0) is 37.1 Å². The fraction of sp³-hybridized carbons (Fsp3) is 0.500. The molecule has 0 aliphatic heterocycles. The Kier molecular flexibility index (Phi) is 4.53. The predicted octanol–water partition coefficient (Wildman–Crippen LogP) is 1.76. The first kappa shape index (κ1) is 15.8. The lowest BCUT2D eigenvalue weighted by Gasteiger charge is -2.28. The lowest BCUT2D eigenvalue weighted by Crippen LogP contribution is -2.47. The van der Waals surface area contributed by atoms with Crippen LogP contribution in [0.5, 0.6) is 5.75 Å². The van der Waals surface area contributed by atoms with Crippen LogP contribution in [0.25, 0.3) is 0 Å². The monoisotopic (exact) mass is 313 g/mol. The number of carboxylic acids is 1. The van der Waals surface area contributed by atoms with E-state index in [0.717, 1.165) is 12.8 Å². The van der Waals surface area contributed by atoms with Crippen molar-refractivity contribution in [2.75, 3.05) is 7.11 Å². The Bertz CT molecular complexity index is 603. The molecule has 116 valence electrons. The summed E-state index contributed by atoms with van der Waals surface area (Å²) < 4.78 is 32.5. The van der Waals surface area contributed by atoms with Gasteiger partial charge in [-0.15, -0.1) is 0 Å². The van der Waals surface area contributed by atoms with E-state index in [2.05, 4.69) is 4.72 Å². The van der Waals surface area contributed by atoms with Crippen molar-refractivity contribution in [3.05, 3.63) is 24.3 Å². The van der Waals surface area contributed by atoms with Gasteiger partial charge in [-0.2, -0.15) is 0 Å². The highest BCUT2D eigenvalue weighted by atomic mass is 32.2. The summed E-state index contributed by atoms with van der Waals surface area (Å²) in [5.41, 5.74) is -0.870. The van der Waals surface area contributed by atoms with Crippen LogP contribution in [-0.4, -0.2) is 32.1 Å². The Hall–Kier alpha value is -1.60. The quantitative estimate of drug-likeness (QED) is 0.835. The number of nitrogens with one attached hydrogen (secondary N) is 1. The molecule has 0 saturated heterocycles. The molecule has 1 fully saturated rings. The van der Waals surface area contributed by atoms with Gasteiger partial charge >= 0.3 is 5.97 Å². The van der Waals surface area contributed by atoms with E-state index in [1.54, 1.807) is 12.1 Å². The van der Waals surface area contributed by atoms with Crippen molar-refractivity contribution in [3.63, 3.8) is 0 Å². The van der Waals surface area contributed by atoms with E-state index >= 15 is 0 Å². The summed E-state index contributed by atoms with van der Waals surface area (Å²) in [5.74, 6) is -0.426. The Morgan fingerprint density at radius 3 is 2.33 bits per heavy atom.